The predicted octanol–water partition coefficient (Wildman–Crippen LogP) is 5.76. The largest absolute Gasteiger partial charge is 0.349 e. The van der Waals surface area contributed by atoms with Gasteiger partial charge in [0, 0.05) is 21.2 Å². The summed E-state index contributed by atoms with van der Waals surface area (Å²) in [7, 11) is 0. The van der Waals surface area contributed by atoms with Gasteiger partial charge in [-0.2, -0.15) is 0 Å². The van der Waals surface area contributed by atoms with E-state index < -0.39 is 0 Å². The number of thiophene rings is 1. The van der Waals surface area contributed by atoms with Crippen molar-refractivity contribution in [2.45, 2.75) is 38.6 Å². The number of carbonyl (C=O) groups is 1. The fraction of sp³-hybridized carbons (Fsp3) is 0.500. The minimum absolute atomic E-state index is 0.0532. The molecule has 23 heavy (non-hydrogen) atoms. The monoisotopic (exact) mass is 367 g/mol. The molecule has 2 nitrogen and oxygen atoms in total. The third-order valence-corrected chi connectivity index (χ3v) is 7.48. The lowest BCUT2D eigenvalue weighted by Gasteiger charge is -2.28. The average molecular weight is 368 g/mol. The number of fused-ring (bicyclic) bond motifs is 3. The van der Waals surface area contributed by atoms with Crippen LogP contribution in [-0.4, -0.2) is 11.9 Å². The highest BCUT2D eigenvalue weighted by atomic mass is 35.5. The molecule has 1 amide bonds. The van der Waals surface area contributed by atoms with E-state index in [1.807, 2.05) is 18.2 Å². The molecule has 2 aliphatic carbocycles. The zero-order valence-corrected chi connectivity index (χ0v) is 15.3. The quantitative estimate of drug-likeness (QED) is 0.733. The number of nitrogens with one attached hydrogen (secondary N) is 1. The van der Waals surface area contributed by atoms with Crippen LogP contribution < -0.4 is 5.32 Å². The van der Waals surface area contributed by atoms with Crippen LogP contribution in [0.5, 0.6) is 0 Å². The maximum atomic E-state index is 12.7. The second kappa shape index (κ2) is 5.94. The number of hydrogen-bond donors (Lipinski definition) is 1. The number of benzene rings is 1. The summed E-state index contributed by atoms with van der Waals surface area (Å²) in [5.74, 6) is 2.26. The van der Waals surface area contributed by atoms with Crippen molar-refractivity contribution in [1.29, 1.82) is 0 Å². The summed E-state index contributed by atoms with van der Waals surface area (Å²) in [4.78, 5) is 13.3. The van der Waals surface area contributed by atoms with Crippen LogP contribution in [0, 0.1) is 17.8 Å². The molecule has 5 heteroatoms. The van der Waals surface area contributed by atoms with Crippen molar-refractivity contribution in [3.8, 4) is 0 Å². The molecule has 1 heterocycles. The van der Waals surface area contributed by atoms with Gasteiger partial charge in [-0.1, -0.05) is 35.7 Å². The molecule has 0 spiro atoms. The molecular weight excluding hydrogens is 349 g/mol. The van der Waals surface area contributed by atoms with E-state index >= 15 is 0 Å². The molecule has 4 rings (SSSR count). The van der Waals surface area contributed by atoms with Gasteiger partial charge >= 0.3 is 0 Å². The van der Waals surface area contributed by atoms with E-state index in [0.717, 1.165) is 21.9 Å². The Morgan fingerprint density at radius 1 is 1.30 bits per heavy atom. The van der Waals surface area contributed by atoms with Crippen LogP contribution in [0.25, 0.3) is 10.1 Å². The van der Waals surface area contributed by atoms with Gasteiger partial charge in [0.25, 0.3) is 5.91 Å². The lowest BCUT2D eigenvalue weighted by Crippen LogP contribution is -2.39. The Kier molecular flexibility index (Phi) is 4.07. The van der Waals surface area contributed by atoms with Crippen molar-refractivity contribution in [3.05, 3.63) is 33.1 Å². The van der Waals surface area contributed by atoms with Gasteiger partial charge in [-0.25, -0.2) is 0 Å². The fourth-order valence-corrected chi connectivity index (χ4v) is 6.17. The standard InChI is InChI=1S/C18H19Cl2NOS/c1-9(14-7-10-2-3-11(14)6-10)21-18(22)17-16(20)13-5-4-12(19)8-15(13)23-17/h4-5,8-11,14H,2-3,6-7H2,1H3,(H,21,22)/t9-,10-,11-,14-/m0/s1. The Labute approximate surface area is 150 Å². The van der Waals surface area contributed by atoms with Gasteiger partial charge in [0.1, 0.15) is 4.88 Å². The summed E-state index contributed by atoms with van der Waals surface area (Å²) >= 11 is 13.9. The first-order chi connectivity index (χ1) is 11.0. The molecule has 1 aromatic carbocycles. The molecule has 2 saturated carbocycles. The van der Waals surface area contributed by atoms with E-state index in [9.17, 15) is 4.79 Å². The summed E-state index contributed by atoms with van der Waals surface area (Å²) in [6.45, 7) is 2.14. The lowest BCUT2D eigenvalue weighted by atomic mass is 9.84. The Hall–Kier alpha value is -0.770. The topological polar surface area (TPSA) is 29.1 Å². The minimum Gasteiger partial charge on any atom is -0.349 e. The van der Waals surface area contributed by atoms with Gasteiger partial charge in [-0.15, -0.1) is 11.3 Å². The fourth-order valence-electron chi connectivity index (χ4n) is 4.47. The molecule has 4 atom stereocenters. The first-order valence-corrected chi connectivity index (χ1v) is 9.78. The second-order valence-corrected chi connectivity index (χ2v) is 8.85. The second-order valence-electron chi connectivity index (χ2n) is 6.99. The molecule has 0 saturated heterocycles. The molecule has 1 aromatic heterocycles. The number of rotatable bonds is 3. The Balaban J connectivity index is 1.54. The van der Waals surface area contributed by atoms with Crippen LogP contribution in [0.2, 0.25) is 10.0 Å². The van der Waals surface area contributed by atoms with Crippen molar-refractivity contribution in [3.63, 3.8) is 0 Å². The van der Waals surface area contributed by atoms with Crippen molar-refractivity contribution >= 4 is 50.5 Å². The van der Waals surface area contributed by atoms with Gasteiger partial charge in [-0.05, 0) is 56.1 Å². The maximum absolute atomic E-state index is 12.7. The Morgan fingerprint density at radius 2 is 2.13 bits per heavy atom. The van der Waals surface area contributed by atoms with Gasteiger partial charge in [-0.3, -0.25) is 4.79 Å². The van der Waals surface area contributed by atoms with Crippen molar-refractivity contribution in [2.24, 2.45) is 17.8 Å². The molecule has 1 N–H and O–H groups in total. The highest BCUT2D eigenvalue weighted by molar-refractivity contribution is 7.21. The zero-order valence-electron chi connectivity index (χ0n) is 12.9. The van der Waals surface area contributed by atoms with Crippen molar-refractivity contribution in [1.82, 2.24) is 5.32 Å². The van der Waals surface area contributed by atoms with Crippen LogP contribution in [0.3, 0.4) is 0 Å². The number of amides is 1. The van der Waals surface area contributed by atoms with Crippen LogP contribution in [0.1, 0.15) is 42.3 Å². The van der Waals surface area contributed by atoms with Gasteiger partial charge < -0.3 is 5.32 Å². The van der Waals surface area contributed by atoms with Crippen LogP contribution in [-0.2, 0) is 0 Å². The summed E-state index contributed by atoms with van der Waals surface area (Å²) in [5, 5.41) is 5.30. The van der Waals surface area contributed by atoms with Crippen molar-refractivity contribution < 1.29 is 4.79 Å². The molecule has 2 fully saturated rings. The van der Waals surface area contributed by atoms with Gasteiger partial charge in [0.15, 0.2) is 0 Å². The number of halogens is 2. The number of carbonyl (C=O) groups excluding carboxylic acids is 1. The van der Waals surface area contributed by atoms with Gasteiger partial charge in [0.05, 0.1) is 5.02 Å². The minimum atomic E-state index is -0.0532. The summed E-state index contributed by atoms with van der Waals surface area (Å²) in [6.07, 6.45) is 5.33. The SMILES string of the molecule is C[C@H](NC(=O)c1sc2cc(Cl)ccc2c1Cl)[C@@H]1C[C@H]2CC[C@H]1C2. The molecule has 2 bridgehead atoms. The Morgan fingerprint density at radius 3 is 2.83 bits per heavy atom. The highest BCUT2D eigenvalue weighted by Gasteiger charge is 2.42. The molecule has 2 aromatic rings. The molecule has 0 radical (unpaired) electrons. The third-order valence-electron chi connectivity index (χ3n) is 5.59. The maximum Gasteiger partial charge on any atom is 0.263 e. The van der Waals surface area contributed by atoms with Crippen LogP contribution in [0.4, 0.5) is 0 Å². The van der Waals surface area contributed by atoms with Crippen LogP contribution in [0.15, 0.2) is 18.2 Å². The summed E-state index contributed by atoms with van der Waals surface area (Å²) in [6, 6.07) is 5.76. The van der Waals surface area contributed by atoms with E-state index in [2.05, 4.69) is 12.2 Å². The van der Waals surface area contributed by atoms with E-state index in [4.69, 9.17) is 23.2 Å². The van der Waals surface area contributed by atoms with E-state index in [1.54, 1.807) is 0 Å². The smallest absolute Gasteiger partial charge is 0.263 e. The summed E-state index contributed by atoms with van der Waals surface area (Å²) in [5.41, 5.74) is 0. The van der Waals surface area contributed by atoms with Gasteiger partial charge in [0.2, 0.25) is 0 Å². The molecule has 0 unspecified atom stereocenters. The van der Waals surface area contributed by atoms with E-state index in [1.165, 1.54) is 37.0 Å². The molecule has 2 aliphatic rings. The van der Waals surface area contributed by atoms with E-state index in [0.29, 0.717) is 20.8 Å². The number of hydrogen-bond acceptors (Lipinski definition) is 2. The first kappa shape index (κ1) is 15.7. The lowest BCUT2D eigenvalue weighted by molar-refractivity contribution is 0.0919. The van der Waals surface area contributed by atoms with Crippen LogP contribution >= 0.6 is 34.5 Å². The third kappa shape index (κ3) is 2.77. The van der Waals surface area contributed by atoms with E-state index in [-0.39, 0.29) is 11.9 Å². The molecular formula is C18H19Cl2NOS. The Bertz CT molecular complexity index is 772. The van der Waals surface area contributed by atoms with Crippen molar-refractivity contribution in [2.75, 3.05) is 0 Å². The predicted molar refractivity (Wildman–Crippen MR) is 97.7 cm³/mol. The normalized spacial score (nSPS) is 27.5. The zero-order chi connectivity index (χ0) is 16.1. The molecule has 122 valence electrons. The summed E-state index contributed by atoms with van der Waals surface area (Å²) < 4.78 is 0.959. The average Bonchev–Trinajstić information content (AvgIpc) is 3.21. The first-order valence-electron chi connectivity index (χ1n) is 8.21. The molecule has 0 aliphatic heterocycles. The highest BCUT2D eigenvalue weighted by Crippen LogP contribution is 2.49.